The van der Waals surface area contributed by atoms with Gasteiger partial charge in [0.1, 0.15) is 6.04 Å². The lowest BCUT2D eigenvalue weighted by Crippen LogP contribution is -2.48. The zero-order chi connectivity index (χ0) is 27.4. The van der Waals surface area contributed by atoms with Crippen molar-refractivity contribution in [3.8, 4) is 11.1 Å². The summed E-state index contributed by atoms with van der Waals surface area (Å²) in [4.78, 5) is 44.8. The molecule has 1 aliphatic rings. The van der Waals surface area contributed by atoms with Crippen molar-refractivity contribution in [1.29, 1.82) is 0 Å². The molecule has 7 heteroatoms. The van der Waals surface area contributed by atoms with E-state index in [1.807, 2.05) is 69.3 Å². The van der Waals surface area contributed by atoms with Gasteiger partial charge < -0.3 is 15.3 Å². The summed E-state index contributed by atoms with van der Waals surface area (Å²) >= 11 is 0. The first-order valence-electron chi connectivity index (χ1n) is 13.0. The van der Waals surface area contributed by atoms with Crippen LogP contribution in [-0.4, -0.2) is 39.3 Å². The number of nitrogens with one attached hydrogen (secondary N) is 1. The van der Waals surface area contributed by atoms with E-state index in [0.29, 0.717) is 24.1 Å². The predicted molar refractivity (Wildman–Crippen MR) is 146 cm³/mol. The Bertz CT molecular complexity index is 1310. The molecule has 0 spiro atoms. The van der Waals surface area contributed by atoms with Gasteiger partial charge in [0.2, 0.25) is 11.8 Å². The summed E-state index contributed by atoms with van der Waals surface area (Å²) < 4.78 is 0. The van der Waals surface area contributed by atoms with E-state index in [-0.39, 0.29) is 18.2 Å². The molecule has 1 saturated heterocycles. The number of benzene rings is 2. The summed E-state index contributed by atoms with van der Waals surface area (Å²) in [5.74, 6) is -1.25. The number of aliphatic carboxylic acids is 1. The highest BCUT2D eigenvalue weighted by Crippen LogP contribution is 2.32. The molecular weight excluding hydrogens is 478 g/mol. The van der Waals surface area contributed by atoms with E-state index in [1.165, 1.54) is 0 Å². The molecule has 2 amide bonds. The largest absolute Gasteiger partial charge is 0.481 e. The molecule has 0 saturated carbocycles. The van der Waals surface area contributed by atoms with Crippen molar-refractivity contribution >= 4 is 17.8 Å². The van der Waals surface area contributed by atoms with Crippen LogP contribution in [0.2, 0.25) is 0 Å². The first-order valence-corrected chi connectivity index (χ1v) is 13.0. The second-order valence-corrected chi connectivity index (χ2v) is 10.4. The van der Waals surface area contributed by atoms with E-state index in [0.717, 1.165) is 34.2 Å². The Kier molecular flexibility index (Phi) is 8.25. The molecule has 0 radical (unpaired) electrons. The Balaban J connectivity index is 1.70. The van der Waals surface area contributed by atoms with Crippen molar-refractivity contribution < 1.29 is 19.5 Å². The van der Waals surface area contributed by atoms with Crippen molar-refractivity contribution in [3.05, 3.63) is 88.7 Å². The Morgan fingerprint density at radius 3 is 2.39 bits per heavy atom. The summed E-state index contributed by atoms with van der Waals surface area (Å²) in [6.07, 6.45) is 4.21. The minimum Gasteiger partial charge on any atom is -0.481 e. The number of carbonyl (C=O) groups is 3. The van der Waals surface area contributed by atoms with Gasteiger partial charge in [0.15, 0.2) is 0 Å². The van der Waals surface area contributed by atoms with E-state index < -0.39 is 24.0 Å². The summed E-state index contributed by atoms with van der Waals surface area (Å²) in [6.45, 7) is 8.55. The molecule has 3 aromatic rings. The highest BCUT2D eigenvalue weighted by molar-refractivity contribution is 5.89. The number of hydrogen-bond donors (Lipinski definition) is 2. The van der Waals surface area contributed by atoms with Crippen molar-refractivity contribution in [2.75, 3.05) is 6.54 Å². The molecule has 1 unspecified atom stereocenters. The summed E-state index contributed by atoms with van der Waals surface area (Å²) in [6, 6.07) is 13.8. The Morgan fingerprint density at radius 1 is 1.05 bits per heavy atom. The van der Waals surface area contributed by atoms with Gasteiger partial charge in [-0.1, -0.05) is 55.0 Å². The number of carboxylic acids is 1. The fraction of sp³-hybridized carbons (Fsp3) is 0.355. The van der Waals surface area contributed by atoms with E-state index in [2.05, 4.69) is 17.2 Å². The lowest BCUT2D eigenvalue weighted by atomic mass is 9.93. The Hall–Kier alpha value is -4.00. The van der Waals surface area contributed by atoms with Gasteiger partial charge >= 0.3 is 5.97 Å². The lowest BCUT2D eigenvalue weighted by Gasteiger charge is -2.37. The molecule has 0 aliphatic carbocycles. The van der Waals surface area contributed by atoms with Gasteiger partial charge in [-0.3, -0.25) is 19.4 Å². The fourth-order valence-corrected chi connectivity index (χ4v) is 5.25. The number of likely N-dealkylation sites (tertiary alicyclic amines) is 1. The molecule has 2 heterocycles. The van der Waals surface area contributed by atoms with Gasteiger partial charge in [-0.15, -0.1) is 0 Å². The molecule has 198 valence electrons. The maximum atomic E-state index is 13.9. The molecule has 1 aliphatic heterocycles. The van der Waals surface area contributed by atoms with Crippen LogP contribution in [0.3, 0.4) is 0 Å². The first kappa shape index (κ1) is 27.0. The number of aryl methyl sites for hydroxylation is 3. The van der Waals surface area contributed by atoms with Gasteiger partial charge in [-0.2, -0.15) is 0 Å². The zero-order valence-corrected chi connectivity index (χ0v) is 22.4. The number of hydrogen-bond acceptors (Lipinski definition) is 4. The molecule has 7 nitrogen and oxygen atoms in total. The van der Waals surface area contributed by atoms with Gasteiger partial charge in [-0.25, -0.2) is 0 Å². The quantitative estimate of drug-likeness (QED) is 0.426. The first-order chi connectivity index (χ1) is 18.1. The number of pyridine rings is 1. The minimum atomic E-state index is -1.04. The number of amides is 2. The van der Waals surface area contributed by atoms with Gasteiger partial charge in [0.25, 0.3) is 0 Å². The Labute approximate surface area is 223 Å². The van der Waals surface area contributed by atoms with Crippen LogP contribution in [-0.2, 0) is 14.4 Å². The summed E-state index contributed by atoms with van der Waals surface area (Å²) in [5, 5.41) is 12.7. The summed E-state index contributed by atoms with van der Waals surface area (Å²) in [5.41, 5.74) is 6.41. The molecule has 38 heavy (non-hydrogen) atoms. The number of rotatable bonds is 8. The highest BCUT2D eigenvalue weighted by atomic mass is 16.4. The molecule has 0 bridgehead atoms. The normalized spacial score (nSPS) is 17.1. The van der Waals surface area contributed by atoms with Crippen LogP contribution < -0.4 is 5.32 Å². The Morgan fingerprint density at radius 2 is 1.74 bits per heavy atom. The molecule has 2 aromatic carbocycles. The van der Waals surface area contributed by atoms with E-state index >= 15 is 0 Å². The molecule has 3 atom stereocenters. The van der Waals surface area contributed by atoms with Gasteiger partial charge in [0.05, 0.1) is 12.5 Å². The number of carbonyl (C=O) groups excluding carboxylic acids is 2. The van der Waals surface area contributed by atoms with Gasteiger partial charge in [0, 0.05) is 30.9 Å². The third-order valence-electron chi connectivity index (χ3n) is 7.26. The fourth-order valence-electron chi connectivity index (χ4n) is 5.25. The second-order valence-electron chi connectivity index (χ2n) is 10.4. The van der Waals surface area contributed by atoms with Crippen LogP contribution in [0, 0.1) is 26.7 Å². The molecule has 1 aromatic heterocycles. The number of carboxylic acid groups (broad SMARTS) is 1. The van der Waals surface area contributed by atoms with E-state index in [1.54, 1.807) is 17.3 Å². The van der Waals surface area contributed by atoms with Crippen LogP contribution in [0.15, 0.2) is 60.9 Å². The number of nitrogens with zero attached hydrogens (tertiary/aromatic N) is 2. The second kappa shape index (κ2) is 11.6. The highest BCUT2D eigenvalue weighted by Gasteiger charge is 2.36. The topological polar surface area (TPSA) is 99.6 Å². The molecule has 2 N–H and O–H groups in total. The van der Waals surface area contributed by atoms with Crippen molar-refractivity contribution in [2.24, 2.45) is 5.92 Å². The van der Waals surface area contributed by atoms with E-state index in [4.69, 9.17) is 0 Å². The molecule has 1 fully saturated rings. The standard InChI is InChI=1S/C31H35N3O4/c1-19-8-11-23(12-9-19)30(34-18-20(2)10-13-27(34)35)31(38)33-26(15-28(36)37)24-14-25(17-32-16-24)29-21(3)6-5-7-22(29)4/h5-9,11-12,14,16-17,20,26,30H,10,13,15,18H2,1-4H3,(H,33,38)(H,36,37)/t20?,26-,30-/m0/s1. The molecule has 4 rings (SSSR count). The monoisotopic (exact) mass is 513 g/mol. The lowest BCUT2D eigenvalue weighted by molar-refractivity contribution is -0.145. The van der Waals surface area contributed by atoms with Crippen LogP contribution in [0.4, 0.5) is 0 Å². The number of piperidine rings is 1. The van der Waals surface area contributed by atoms with Crippen LogP contribution in [0.25, 0.3) is 11.1 Å². The van der Waals surface area contributed by atoms with Crippen LogP contribution >= 0.6 is 0 Å². The van der Waals surface area contributed by atoms with Gasteiger partial charge in [-0.05, 0) is 67.0 Å². The van der Waals surface area contributed by atoms with Crippen molar-refractivity contribution in [2.45, 2.75) is 59.0 Å². The maximum Gasteiger partial charge on any atom is 0.305 e. The summed E-state index contributed by atoms with van der Waals surface area (Å²) in [7, 11) is 0. The smallest absolute Gasteiger partial charge is 0.305 e. The average Bonchev–Trinajstić information content (AvgIpc) is 2.87. The van der Waals surface area contributed by atoms with E-state index in [9.17, 15) is 19.5 Å². The zero-order valence-electron chi connectivity index (χ0n) is 22.4. The third kappa shape index (κ3) is 6.10. The van der Waals surface area contributed by atoms with Crippen molar-refractivity contribution in [1.82, 2.24) is 15.2 Å². The van der Waals surface area contributed by atoms with Crippen LogP contribution in [0.5, 0.6) is 0 Å². The van der Waals surface area contributed by atoms with Crippen molar-refractivity contribution in [3.63, 3.8) is 0 Å². The third-order valence-corrected chi connectivity index (χ3v) is 7.26. The molecular formula is C31H35N3O4. The minimum absolute atomic E-state index is 0.0719. The van der Waals surface area contributed by atoms with Crippen LogP contribution in [0.1, 0.15) is 66.1 Å². The maximum absolute atomic E-state index is 13.9. The number of aromatic nitrogens is 1. The predicted octanol–water partition coefficient (Wildman–Crippen LogP) is 5.31. The SMILES string of the molecule is Cc1ccc([C@@H](C(=O)N[C@@H](CC(=O)O)c2cncc(-c3c(C)cccc3C)c2)N2CC(C)CCC2=O)cc1. The average molecular weight is 514 g/mol.